The number of hydrogen-bond donors (Lipinski definition) is 1. The van der Waals surface area contributed by atoms with Gasteiger partial charge >= 0.3 is 0 Å². The Morgan fingerprint density at radius 2 is 1.60 bits per heavy atom. The molecule has 2 aliphatic rings. The van der Waals surface area contributed by atoms with Crippen molar-refractivity contribution in [1.29, 1.82) is 0 Å². The maximum absolute atomic E-state index is 3.64. The third kappa shape index (κ3) is 4.21. The quantitative estimate of drug-likeness (QED) is 0.637. The second-order valence-electron chi connectivity index (χ2n) is 7.23. The molecule has 0 amide bonds. The van der Waals surface area contributed by atoms with E-state index in [4.69, 9.17) is 0 Å². The topological polar surface area (TPSA) is 15.3 Å². The van der Waals surface area contributed by atoms with Gasteiger partial charge in [-0.1, -0.05) is 45.4 Å². The lowest BCUT2D eigenvalue weighted by molar-refractivity contribution is 0.111. The summed E-state index contributed by atoms with van der Waals surface area (Å²) in [5.74, 6) is 0.935. The number of hydrogen-bond acceptors (Lipinski definition) is 2. The Hall–Kier alpha value is -0.0800. The molecule has 2 nitrogen and oxygen atoms in total. The van der Waals surface area contributed by atoms with Crippen molar-refractivity contribution in [3.05, 3.63) is 0 Å². The van der Waals surface area contributed by atoms with Crippen LogP contribution in [0.5, 0.6) is 0 Å². The minimum absolute atomic E-state index is 0.776. The lowest BCUT2D eigenvalue weighted by atomic mass is 9.83. The van der Waals surface area contributed by atoms with Crippen LogP contribution >= 0.6 is 0 Å². The summed E-state index contributed by atoms with van der Waals surface area (Å²) in [6.45, 7) is 2.30. The van der Waals surface area contributed by atoms with E-state index in [1.54, 1.807) is 0 Å². The Morgan fingerprint density at radius 1 is 1.00 bits per heavy atom. The molecule has 0 radical (unpaired) electrons. The summed E-state index contributed by atoms with van der Waals surface area (Å²) in [5.41, 5.74) is 0. The fourth-order valence-electron chi connectivity index (χ4n) is 4.54. The van der Waals surface area contributed by atoms with Crippen molar-refractivity contribution in [2.24, 2.45) is 5.92 Å². The Labute approximate surface area is 126 Å². The first-order chi connectivity index (χ1) is 9.76. The van der Waals surface area contributed by atoms with Gasteiger partial charge in [0.15, 0.2) is 0 Å². The van der Waals surface area contributed by atoms with Crippen molar-refractivity contribution in [1.82, 2.24) is 10.2 Å². The van der Waals surface area contributed by atoms with E-state index in [1.165, 1.54) is 70.6 Å². The molecule has 0 spiro atoms. The minimum atomic E-state index is 0.776. The van der Waals surface area contributed by atoms with Gasteiger partial charge in [0.1, 0.15) is 0 Å². The molecule has 118 valence electrons. The number of unbranched alkanes of at least 4 members (excludes halogenated alkanes) is 5. The third-order valence-electron chi connectivity index (χ3n) is 5.94. The molecule has 1 N–H and O–H groups in total. The van der Waals surface area contributed by atoms with E-state index < -0.39 is 0 Å². The molecule has 0 aliphatic carbocycles. The van der Waals surface area contributed by atoms with Gasteiger partial charge in [0.2, 0.25) is 0 Å². The summed E-state index contributed by atoms with van der Waals surface area (Å²) in [6.07, 6.45) is 15.7. The summed E-state index contributed by atoms with van der Waals surface area (Å²) in [6, 6.07) is 2.55. The third-order valence-corrected chi connectivity index (χ3v) is 5.94. The van der Waals surface area contributed by atoms with E-state index in [-0.39, 0.29) is 0 Å². The fourth-order valence-corrected chi connectivity index (χ4v) is 4.54. The maximum atomic E-state index is 3.64. The second-order valence-corrected chi connectivity index (χ2v) is 7.23. The van der Waals surface area contributed by atoms with Gasteiger partial charge in [0, 0.05) is 18.1 Å². The number of piperidine rings is 1. The predicted octanol–water partition coefficient (Wildman–Crippen LogP) is 4.20. The first-order valence-electron chi connectivity index (χ1n) is 9.15. The molecule has 0 saturated carbocycles. The van der Waals surface area contributed by atoms with Crippen molar-refractivity contribution < 1.29 is 0 Å². The molecule has 2 heteroatoms. The average molecular weight is 280 g/mol. The highest BCUT2D eigenvalue weighted by atomic mass is 15.2. The summed E-state index contributed by atoms with van der Waals surface area (Å²) in [5, 5.41) is 3.64. The zero-order valence-electron chi connectivity index (χ0n) is 14.0. The molecular weight excluding hydrogens is 244 g/mol. The van der Waals surface area contributed by atoms with Gasteiger partial charge in [-0.15, -0.1) is 0 Å². The van der Waals surface area contributed by atoms with Gasteiger partial charge in [-0.2, -0.15) is 0 Å². The van der Waals surface area contributed by atoms with Crippen LogP contribution < -0.4 is 5.32 Å². The SMILES string of the molecule is CCCCCCCCC(NC)C1CC2CCC(C1)N2C. The van der Waals surface area contributed by atoms with Crippen LogP contribution in [0.2, 0.25) is 0 Å². The molecule has 2 bridgehead atoms. The first-order valence-corrected chi connectivity index (χ1v) is 9.15. The lowest BCUT2D eigenvalue weighted by Gasteiger charge is -2.40. The van der Waals surface area contributed by atoms with Crippen molar-refractivity contribution in [3.8, 4) is 0 Å². The summed E-state index contributed by atoms with van der Waals surface area (Å²) >= 11 is 0. The summed E-state index contributed by atoms with van der Waals surface area (Å²) in [4.78, 5) is 2.66. The molecule has 2 heterocycles. The van der Waals surface area contributed by atoms with Crippen molar-refractivity contribution >= 4 is 0 Å². The Morgan fingerprint density at radius 3 is 2.20 bits per heavy atom. The highest BCUT2D eigenvalue weighted by molar-refractivity contribution is 4.96. The Bertz CT molecular complexity index is 252. The van der Waals surface area contributed by atoms with E-state index in [0.717, 1.165) is 24.0 Å². The van der Waals surface area contributed by atoms with E-state index >= 15 is 0 Å². The average Bonchev–Trinajstić information content (AvgIpc) is 2.68. The Kier molecular flexibility index (Phi) is 6.83. The standard InChI is InChI=1S/C18H36N2/c1-4-5-6-7-8-9-10-18(19-2)15-13-16-11-12-17(14-15)20(16)3/h15-19H,4-14H2,1-3H3. The second kappa shape index (κ2) is 8.38. The van der Waals surface area contributed by atoms with Crippen molar-refractivity contribution in [2.75, 3.05) is 14.1 Å². The summed E-state index contributed by atoms with van der Waals surface area (Å²) in [7, 11) is 4.53. The zero-order valence-corrected chi connectivity index (χ0v) is 14.0. The molecule has 2 aliphatic heterocycles. The smallest absolute Gasteiger partial charge is 0.00989 e. The van der Waals surface area contributed by atoms with Crippen LogP contribution in [0, 0.1) is 5.92 Å². The number of fused-ring (bicyclic) bond motifs is 2. The van der Waals surface area contributed by atoms with Crippen LogP contribution in [-0.2, 0) is 0 Å². The van der Waals surface area contributed by atoms with E-state index in [1.807, 2.05) is 0 Å². The molecule has 3 atom stereocenters. The molecule has 0 aromatic carbocycles. The first kappa shape index (κ1) is 16.3. The minimum Gasteiger partial charge on any atom is -0.317 e. The van der Waals surface area contributed by atoms with Crippen LogP contribution in [0.1, 0.15) is 77.6 Å². The molecular formula is C18H36N2. The zero-order chi connectivity index (χ0) is 14.4. The van der Waals surface area contributed by atoms with Crippen molar-refractivity contribution in [2.45, 2.75) is 95.7 Å². The summed E-state index contributed by atoms with van der Waals surface area (Å²) < 4.78 is 0. The van der Waals surface area contributed by atoms with Gasteiger partial charge in [0.05, 0.1) is 0 Å². The normalized spacial score (nSPS) is 31.6. The van der Waals surface area contributed by atoms with Crippen LogP contribution in [0.4, 0.5) is 0 Å². The molecule has 20 heavy (non-hydrogen) atoms. The highest BCUT2D eigenvalue weighted by Crippen LogP contribution is 2.39. The highest BCUT2D eigenvalue weighted by Gasteiger charge is 2.40. The van der Waals surface area contributed by atoms with E-state index in [2.05, 4.69) is 31.2 Å². The molecule has 3 unspecified atom stereocenters. The molecule has 2 saturated heterocycles. The van der Waals surface area contributed by atoms with Crippen LogP contribution in [-0.4, -0.2) is 37.1 Å². The van der Waals surface area contributed by atoms with Gasteiger partial charge in [-0.25, -0.2) is 0 Å². The lowest BCUT2D eigenvalue weighted by Crippen LogP contribution is -2.46. The number of nitrogens with zero attached hydrogens (tertiary/aromatic N) is 1. The van der Waals surface area contributed by atoms with Gasteiger partial charge < -0.3 is 10.2 Å². The van der Waals surface area contributed by atoms with Gasteiger partial charge in [0.25, 0.3) is 0 Å². The number of nitrogens with one attached hydrogen (secondary N) is 1. The predicted molar refractivity (Wildman–Crippen MR) is 88.1 cm³/mol. The monoisotopic (exact) mass is 280 g/mol. The molecule has 0 aromatic rings. The van der Waals surface area contributed by atoms with Crippen molar-refractivity contribution in [3.63, 3.8) is 0 Å². The fraction of sp³-hybridized carbons (Fsp3) is 1.00. The Balaban J connectivity index is 1.67. The van der Waals surface area contributed by atoms with Gasteiger partial charge in [-0.3, -0.25) is 0 Å². The van der Waals surface area contributed by atoms with E-state index in [9.17, 15) is 0 Å². The largest absolute Gasteiger partial charge is 0.317 e. The number of rotatable bonds is 9. The maximum Gasteiger partial charge on any atom is 0.00989 e. The van der Waals surface area contributed by atoms with Gasteiger partial charge in [-0.05, 0) is 52.1 Å². The van der Waals surface area contributed by atoms with Crippen LogP contribution in [0.15, 0.2) is 0 Å². The molecule has 2 rings (SSSR count). The van der Waals surface area contributed by atoms with E-state index in [0.29, 0.717) is 0 Å². The molecule has 0 aromatic heterocycles. The molecule has 2 fully saturated rings. The van der Waals surface area contributed by atoms with Crippen LogP contribution in [0.3, 0.4) is 0 Å². The van der Waals surface area contributed by atoms with Crippen LogP contribution in [0.25, 0.3) is 0 Å².